The number of aromatic nitrogens is 1. The number of carbonyl (C=O) groups is 1. The van der Waals surface area contributed by atoms with E-state index in [2.05, 4.69) is 17.2 Å². The fraction of sp³-hybridized carbons (Fsp3) is 0.600. The van der Waals surface area contributed by atoms with Gasteiger partial charge in [0.05, 0.1) is 12.2 Å². The average Bonchev–Trinajstić information content (AvgIpc) is 2.38. The lowest BCUT2D eigenvalue weighted by atomic mass is 9.92. The van der Waals surface area contributed by atoms with E-state index in [1.54, 1.807) is 0 Å². The predicted molar refractivity (Wildman–Crippen MR) is 75.6 cm³/mol. The molecule has 1 aromatic heterocycles. The highest BCUT2D eigenvalue weighted by Gasteiger charge is 2.27. The number of hydrogen-bond acceptors (Lipinski definition) is 3. The summed E-state index contributed by atoms with van der Waals surface area (Å²) in [6, 6.07) is 6.37. The monoisotopic (exact) mass is 261 g/mol. The van der Waals surface area contributed by atoms with Crippen molar-refractivity contribution in [3.05, 3.63) is 29.6 Å². The number of pyridine rings is 1. The summed E-state index contributed by atoms with van der Waals surface area (Å²) in [6.45, 7) is 5.65. The van der Waals surface area contributed by atoms with Crippen molar-refractivity contribution in [1.29, 1.82) is 0 Å². The molecule has 2 atom stereocenters. The van der Waals surface area contributed by atoms with Gasteiger partial charge in [-0.05, 0) is 45.4 Å². The normalized spacial score (nSPS) is 23.1. The van der Waals surface area contributed by atoms with Gasteiger partial charge >= 0.3 is 0 Å². The summed E-state index contributed by atoms with van der Waals surface area (Å²) in [5, 5.41) is 3.38. The zero-order chi connectivity index (χ0) is 13.8. The Morgan fingerprint density at radius 2 is 2.32 bits per heavy atom. The fourth-order valence-electron chi connectivity index (χ4n) is 2.68. The van der Waals surface area contributed by atoms with Crippen LogP contribution in [0.2, 0.25) is 0 Å². The summed E-state index contributed by atoms with van der Waals surface area (Å²) in [6.07, 6.45) is 1.87. The average molecular weight is 261 g/mol. The predicted octanol–water partition coefficient (Wildman–Crippen LogP) is 1.74. The molecule has 1 aliphatic heterocycles. The Labute approximate surface area is 115 Å². The van der Waals surface area contributed by atoms with Gasteiger partial charge in [0.15, 0.2) is 0 Å². The van der Waals surface area contributed by atoms with Crippen LogP contribution in [0, 0.1) is 12.8 Å². The number of amides is 1. The number of carbonyl (C=O) groups excluding carboxylic acids is 1. The standard InChI is InChI=1S/C15H23N3O/c1-11-5-4-6-14(17-11)10-18(3)15(19)13-7-8-16-12(2)9-13/h4-6,12-13,16H,7-10H2,1-3H3. The molecule has 1 aromatic rings. The number of rotatable bonds is 3. The second-order valence-corrected chi connectivity index (χ2v) is 5.54. The molecule has 0 spiro atoms. The van der Waals surface area contributed by atoms with E-state index in [1.165, 1.54) is 0 Å². The van der Waals surface area contributed by atoms with Crippen molar-refractivity contribution in [2.75, 3.05) is 13.6 Å². The molecule has 104 valence electrons. The van der Waals surface area contributed by atoms with Gasteiger partial charge in [0.2, 0.25) is 5.91 Å². The molecule has 1 aliphatic rings. The third-order valence-corrected chi connectivity index (χ3v) is 3.69. The highest BCUT2D eigenvalue weighted by molar-refractivity contribution is 5.78. The van der Waals surface area contributed by atoms with Crippen LogP contribution in [-0.2, 0) is 11.3 Å². The molecule has 1 saturated heterocycles. The molecule has 1 fully saturated rings. The van der Waals surface area contributed by atoms with Gasteiger partial charge in [0, 0.05) is 24.7 Å². The maximum Gasteiger partial charge on any atom is 0.225 e. The maximum atomic E-state index is 12.4. The molecule has 0 aromatic carbocycles. The Morgan fingerprint density at radius 1 is 1.53 bits per heavy atom. The Kier molecular flexibility index (Phi) is 4.53. The molecule has 2 rings (SSSR count). The van der Waals surface area contributed by atoms with Gasteiger partial charge in [-0.2, -0.15) is 0 Å². The summed E-state index contributed by atoms with van der Waals surface area (Å²) in [5.74, 6) is 0.405. The first-order valence-corrected chi connectivity index (χ1v) is 6.97. The molecular formula is C15H23N3O. The van der Waals surface area contributed by atoms with Crippen molar-refractivity contribution in [2.45, 2.75) is 39.3 Å². The Bertz CT molecular complexity index is 447. The lowest BCUT2D eigenvalue weighted by Crippen LogP contribution is -2.42. The van der Waals surface area contributed by atoms with Gasteiger partial charge in [0.1, 0.15) is 0 Å². The van der Waals surface area contributed by atoms with E-state index in [-0.39, 0.29) is 11.8 Å². The van der Waals surface area contributed by atoms with Crippen LogP contribution < -0.4 is 5.32 Å². The van der Waals surface area contributed by atoms with Crippen LogP contribution in [0.1, 0.15) is 31.2 Å². The van der Waals surface area contributed by atoms with Gasteiger partial charge in [-0.1, -0.05) is 6.07 Å². The van der Waals surface area contributed by atoms with Crippen molar-refractivity contribution in [1.82, 2.24) is 15.2 Å². The van der Waals surface area contributed by atoms with Crippen LogP contribution in [0.4, 0.5) is 0 Å². The van der Waals surface area contributed by atoms with Gasteiger partial charge < -0.3 is 10.2 Å². The van der Waals surface area contributed by atoms with E-state index in [9.17, 15) is 4.79 Å². The number of aryl methyl sites for hydroxylation is 1. The van der Waals surface area contributed by atoms with E-state index in [0.29, 0.717) is 12.6 Å². The molecule has 2 unspecified atom stereocenters. The molecule has 4 heteroatoms. The summed E-state index contributed by atoms with van der Waals surface area (Å²) >= 11 is 0. The molecule has 0 saturated carbocycles. The topological polar surface area (TPSA) is 45.2 Å². The van der Waals surface area contributed by atoms with Gasteiger partial charge in [-0.15, -0.1) is 0 Å². The lowest BCUT2D eigenvalue weighted by Gasteiger charge is -2.30. The summed E-state index contributed by atoms with van der Waals surface area (Å²) in [7, 11) is 1.87. The van der Waals surface area contributed by atoms with Crippen LogP contribution >= 0.6 is 0 Å². The van der Waals surface area contributed by atoms with Crippen molar-refractivity contribution in [2.24, 2.45) is 5.92 Å². The summed E-state index contributed by atoms with van der Waals surface area (Å²) in [5.41, 5.74) is 1.95. The SMILES string of the molecule is Cc1cccc(CN(C)C(=O)C2CCNC(C)C2)n1. The van der Waals surface area contributed by atoms with E-state index < -0.39 is 0 Å². The molecule has 0 radical (unpaired) electrons. The summed E-state index contributed by atoms with van der Waals surface area (Å²) in [4.78, 5) is 18.7. The maximum absolute atomic E-state index is 12.4. The number of piperidine rings is 1. The van der Waals surface area contributed by atoms with Gasteiger partial charge in [-0.25, -0.2) is 0 Å². The molecule has 4 nitrogen and oxygen atoms in total. The van der Waals surface area contributed by atoms with Crippen LogP contribution in [-0.4, -0.2) is 35.4 Å². The second kappa shape index (κ2) is 6.15. The van der Waals surface area contributed by atoms with E-state index in [1.807, 2.05) is 37.1 Å². The Balaban J connectivity index is 1.95. The molecule has 1 N–H and O–H groups in total. The van der Waals surface area contributed by atoms with Crippen LogP contribution in [0.5, 0.6) is 0 Å². The van der Waals surface area contributed by atoms with Crippen molar-refractivity contribution in [3.8, 4) is 0 Å². The van der Waals surface area contributed by atoms with Gasteiger partial charge in [0.25, 0.3) is 0 Å². The van der Waals surface area contributed by atoms with Crippen molar-refractivity contribution < 1.29 is 4.79 Å². The first kappa shape index (κ1) is 14.0. The highest BCUT2D eigenvalue weighted by atomic mass is 16.2. The second-order valence-electron chi connectivity index (χ2n) is 5.54. The minimum absolute atomic E-state index is 0.158. The minimum atomic E-state index is 0.158. The first-order chi connectivity index (χ1) is 9.06. The lowest BCUT2D eigenvalue weighted by molar-refractivity contribution is -0.135. The molecule has 0 bridgehead atoms. The summed E-state index contributed by atoms with van der Waals surface area (Å²) < 4.78 is 0. The Hall–Kier alpha value is -1.42. The number of hydrogen-bond donors (Lipinski definition) is 1. The highest BCUT2D eigenvalue weighted by Crippen LogP contribution is 2.19. The Morgan fingerprint density at radius 3 is 3.00 bits per heavy atom. The molecule has 0 aliphatic carbocycles. The minimum Gasteiger partial charge on any atom is -0.340 e. The third kappa shape index (κ3) is 3.77. The van der Waals surface area contributed by atoms with Gasteiger partial charge in [-0.3, -0.25) is 9.78 Å². The van der Waals surface area contributed by atoms with Crippen molar-refractivity contribution in [3.63, 3.8) is 0 Å². The van der Waals surface area contributed by atoms with E-state index in [0.717, 1.165) is 30.8 Å². The molecule has 2 heterocycles. The number of nitrogens with zero attached hydrogens (tertiary/aromatic N) is 2. The molecule has 19 heavy (non-hydrogen) atoms. The first-order valence-electron chi connectivity index (χ1n) is 6.97. The van der Waals surface area contributed by atoms with Crippen LogP contribution in [0.25, 0.3) is 0 Å². The fourth-order valence-corrected chi connectivity index (χ4v) is 2.68. The third-order valence-electron chi connectivity index (χ3n) is 3.69. The van der Waals surface area contributed by atoms with Crippen molar-refractivity contribution >= 4 is 5.91 Å². The van der Waals surface area contributed by atoms with E-state index in [4.69, 9.17) is 0 Å². The van der Waals surface area contributed by atoms with E-state index >= 15 is 0 Å². The quantitative estimate of drug-likeness (QED) is 0.901. The molecular weight excluding hydrogens is 238 g/mol. The molecule has 1 amide bonds. The van der Waals surface area contributed by atoms with Crippen LogP contribution in [0.3, 0.4) is 0 Å². The number of nitrogens with one attached hydrogen (secondary N) is 1. The van der Waals surface area contributed by atoms with Crippen LogP contribution in [0.15, 0.2) is 18.2 Å². The zero-order valence-electron chi connectivity index (χ0n) is 12.0. The smallest absolute Gasteiger partial charge is 0.225 e. The zero-order valence-corrected chi connectivity index (χ0v) is 12.0. The largest absolute Gasteiger partial charge is 0.340 e.